The lowest BCUT2D eigenvalue weighted by Crippen LogP contribution is -2.45. The molecule has 0 bridgehead atoms. The third-order valence-electron chi connectivity index (χ3n) is 4.18. The quantitative estimate of drug-likeness (QED) is 0.452. The molecule has 0 unspecified atom stereocenters. The van der Waals surface area contributed by atoms with E-state index >= 15 is 0 Å². The molecule has 0 atom stereocenters. The number of alkyl halides is 3. The predicted molar refractivity (Wildman–Crippen MR) is 111 cm³/mol. The van der Waals surface area contributed by atoms with Crippen molar-refractivity contribution in [3.05, 3.63) is 53.2 Å². The third-order valence-corrected chi connectivity index (χ3v) is 4.41. The van der Waals surface area contributed by atoms with Crippen LogP contribution in [0.15, 0.2) is 42.6 Å². The summed E-state index contributed by atoms with van der Waals surface area (Å²) in [6, 6.07) is 8.37. The highest BCUT2D eigenvalue weighted by Gasteiger charge is 2.31. The Morgan fingerprint density at radius 1 is 1.07 bits per heavy atom. The summed E-state index contributed by atoms with van der Waals surface area (Å²) in [7, 11) is 16.9. The van der Waals surface area contributed by atoms with E-state index in [0.29, 0.717) is 16.2 Å². The number of hydrogen-bond acceptors (Lipinski definition) is 3. The molecule has 3 N–H and O–H groups in total. The van der Waals surface area contributed by atoms with Crippen molar-refractivity contribution in [2.75, 3.05) is 10.7 Å². The number of nitrogens with one attached hydrogen (secondary N) is 3. The summed E-state index contributed by atoms with van der Waals surface area (Å²) in [5.41, 5.74) is 3.53. The van der Waals surface area contributed by atoms with Crippen LogP contribution >= 0.6 is 11.6 Å². The number of rotatable bonds is 4. The Balaban J connectivity index is 1.85. The van der Waals surface area contributed by atoms with Crippen LogP contribution in [0.25, 0.3) is 21.9 Å². The number of imidazole rings is 1. The van der Waals surface area contributed by atoms with Crippen molar-refractivity contribution in [3.8, 4) is 0 Å². The Morgan fingerprint density at radius 2 is 1.83 bits per heavy atom. The topological polar surface area (TPSA) is 57.7 Å². The van der Waals surface area contributed by atoms with E-state index in [-0.39, 0.29) is 11.5 Å². The Bertz CT molecular complexity index is 1210. The van der Waals surface area contributed by atoms with E-state index < -0.39 is 17.0 Å². The molecule has 0 aliphatic rings. The Hall–Kier alpha value is -2.68. The molecular weight excluding hydrogens is 399 g/mol. The van der Waals surface area contributed by atoms with Crippen molar-refractivity contribution in [2.24, 2.45) is 0 Å². The lowest BCUT2D eigenvalue weighted by atomic mass is 9.50. The lowest BCUT2D eigenvalue weighted by molar-refractivity contribution is -0.137. The van der Waals surface area contributed by atoms with Gasteiger partial charge in [-0.2, -0.15) is 13.2 Å². The number of halogens is 4. The molecule has 2 aromatic carbocycles. The molecule has 29 heavy (non-hydrogen) atoms. The van der Waals surface area contributed by atoms with Crippen molar-refractivity contribution in [2.45, 2.75) is 11.4 Å². The summed E-state index contributed by atoms with van der Waals surface area (Å²) in [5, 5.41) is 2.47. The molecule has 0 saturated heterocycles. The first kappa shape index (κ1) is 19.6. The molecule has 0 fully saturated rings. The molecule has 0 spiro atoms. The zero-order valence-corrected chi connectivity index (χ0v) is 15.4. The van der Waals surface area contributed by atoms with E-state index in [2.05, 4.69) is 20.7 Å². The molecule has 12 heteroatoms. The summed E-state index contributed by atoms with van der Waals surface area (Å²) in [4.78, 5) is 7.32. The van der Waals surface area contributed by atoms with Crippen LogP contribution in [-0.2, 0) is 6.18 Å². The average molecular weight is 409 g/mol. The van der Waals surface area contributed by atoms with Gasteiger partial charge in [-0.25, -0.2) is 9.66 Å². The molecule has 0 aliphatic carbocycles. The van der Waals surface area contributed by atoms with Gasteiger partial charge in [0.25, 0.3) is 0 Å². The lowest BCUT2D eigenvalue weighted by Gasteiger charge is -2.26. The monoisotopic (exact) mass is 409 g/mol. The van der Waals surface area contributed by atoms with Crippen molar-refractivity contribution in [3.63, 3.8) is 0 Å². The molecule has 0 saturated carbocycles. The Morgan fingerprint density at radius 3 is 2.52 bits per heavy atom. The van der Waals surface area contributed by atoms with E-state index in [1.807, 2.05) is 0 Å². The molecular formula is C17H10B3ClF3N5. The second-order valence-electron chi connectivity index (χ2n) is 6.53. The van der Waals surface area contributed by atoms with Crippen molar-refractivity contribution in [1.29, 1.82) is 0 Å². The molecule has 0 aliphatic heterocycles. The molecule has 2 heterocycles. The van der Waals surface area contributed by atoms with Gasteiger partial charge in [0.05, 0.1) is 45.8 Å². The first-order valence-corrected chi connectivity index (χ1v) is 8.67. The number of aromatic nitrogens is 3. The second-order valence-corrected chi connectivity index (χ2v) is 6.97. The predicted octanol–water partition coefficient (Wildman–Crippen LogP) is 3.59. The smallest absolute Gasteiger partial charge is 0.359 e. The van der Waals surface area contributed by atoms with Crippen molar-refractivity contribution in [1.82, 2.24) is 14.6 Å². The number of hydrogen-bond donors (Lipinski definition) is 3. The Labute approximate surface area is 172 Å². The fourth-order valence-electron chi connectivity index (χ4n) is 2.96. The number of aromatic amines is 1. The van der Waals surface area contributed by atoms with Crippen LogP contribution in [0.1, 0.15) is 5.56 Å². The zero-order chi connectivity index (χ0) is 21.0. The summed E-state index contributed by atoms with van der Waals surface area (Å²) in [6.45, 7) is 0. The van der Waals surface area contributed by atoms with Gasteiger partial charge in [-0.05, 0) is 36.4 Å². The average Bonchev–Trinajstić information content (AvgIpc) is 3.14. The van der Waals surface area contributed by atoms with Crippen LogP contribution < -0.4 is 10.7 Å². The van der Waals surface area contributed by atoms with Gasteiger partial charge >= 0.3 is 6.18 Å². The van der Waals surface area contributed by atoms with Gasteiger partial charge in [-0.15, -0.1) is 0 Å². The summed E-state index contributed by atoms with van der Waals surface area (Å²) >= 11 is 6.06. The van der Waals surface area contributed by atoms with Gasteiger partial charge in [0, 0.05) is 22.1 Å². The molecule has 140 valence electrons. The number of anilines is 2. The standard InChI is InChI=1S/C17H10B3ClF3N5/c18-17(19,20)28-29-14-4-1-8(16(22,23)24)5-12(14)26-15(29)27-13-7-25-11-3-2-9(21)6-10(11)13/h1-7,25,28H,(H,26,27). The molecule has 4 aromatic rings. The maximum Gasteiger partial charge on any atom is 0.416 e. The second kappa shape index (κ2) is 6.69. The first-order valence-electron chi connectivity index (χ1n) is 8.29. The number of fused-ring (bicyclic) bond motifs is 2. The van der Waals surface area contributed by atoms with E-state index in [9.17, 15) is 13.2 Å². The van der Waals surface area contributed by atoms with Gasteiger partial charge in [0.15, 0.2) is 0 Å². The normalized spacial score (nSPS) is 12.6. The largest absolute Gasteiger partial charge is 0.416 e. The minimum atomic E-state index is -4.51. The van der Waals surface area contributed by atoms with Crippen LogP contribution in [-0.4, -0.2) is 43.4 Å². The molecule has 2 aromatic heterocycles. The molecule has 4 rings (SSSR count). The van der Waals surface area contributed by atoms with Gasteiger partial charge in [-0.1, -0.05) is 16.8 Å². The van der Waals surface area contributed by atoms with Gasteiger partial charge in [0.1, 0.15) is 0 Å². The highest BCUT2D eigenvalue weighted by Crippen LogP contribution is 2.33. The van der Waals surface area contributed by atoms with E-state index in [1.165, 1.54) is 10.7 Å². The fourth-order valence-corrected chi connectivity index (χ4v) is 3.14. The number of H-pyrrole nitrogens is 1. The zero-order valence-electron chi connectivity index (χ0n) is 14.7. The van der Waals surface area contributed by atoms with Crippen molar-refractivity contribution >= 4 is 68.7 Å². The molecule has 6 radical (unpaired) electrons. The summed E-state index contributed by atoms with van der Waals surface area (Å²) in [5.74, 6) is 0.130. The highest BCUT2D eigenvalue weighted by atomic mass is 35.5. The van der Waals surface area contributed by atoms with Crippen LogP contribution in [0.4, 0.5) is 24.8 Å². The van der Waals surface area contributed by atoms with Gasteiger partial charge in [-0.3, -0.25) is 0 Å². The van der Waals surface area contributed by atoms with E-state index in [1.54, 1.807) is 24.4 Å². The van der Waals surface area contributed by atoms with E-state index in [4.69, 9.17) is 35.1 Å². The number of nitrogens with zero attached hydrogens (tertiary/aromatic N) is 2. The van der Waals surface area contributed by atoms with Gasteiger partial charge < -0.3 is 15.7 Å². The van der Waals surface area contributed by atoms with Crippen LogP contribution in [0.3, 0.4) is 0 Å². The van der Waals surface area contributed by atoms with Crippen LogP contribution in [0.2, 0.25) is 5.02 Å². The number of benzene rings is 2. The Kier molecular flexibility index (Phi) is 4.53. The highest BCUT2D eigenvalue weighted by molar-refractivity contribution is 6.60. The van der Waals surface area contributed by atoms with Gasteiger partial charge in [0.2, 0.25) is 5.95 Å². The third kappa shape index (κ3) is 3.91. The summed E-state index contributed by atoms with van der Waals surface area (Å²) < 4.78 is 40.5. The maximum atomic E-state index is 13.1. The van der Waals surface area contributed by atoms with Crippen molar-refractivity contribution < 1.29 is 13.2 Å². The SMILES string of the molecule is [B]C([B])([B])Nn1c(Nc2c[nH]c3ccc(Cl)cc23)nc2cc(C(F)(F)F)ccc21. The first-order chi connectivity index (χ1) is 13.5. The summed E-state index contributed by atoms with van der Waals surface area (Å²) in [6.07, 6.45) is -2.83. The van der Waals surface area contributed by atoms with E-state index in [0.717, 1.165) is 23.0 Å². The maximum absolute atomic E-state index is 13.1. The minimum Gasteiger partial charge on any atom is -0.359 e. The van der Waals surface area contributed by atoms with Crippen LogP contribution in [0, 0.1) is 0 Å². The van der Waals surface area contributed by atoms with Crippen LogP contribution in [0.5, 0.6) is 0 Å². The minimum absolute atomic E-state index is 0.0666. The fraction of sp³-hybridized carbons (Fsp3) is 0.118. The molecule has 0 amide bonds. The molecule has 5 nitrogen and oxygen atoms in total.